The van der Waals surface area contributed by atoms with E-state index in [-0.39, 0.29) is 29.8 Å². The van der Waals surface area contributed by atoms with Crippen molar-refractivity contribution in [2.75, 3.05) is 24.0 Å². The molecule has 0 aliphatic heterocycles. The molecule has 1 heterocycles. The Morgan fingerprint density at radius 2 is 2.07 bits per heavy atom. The van der Waals surface area contributed by atoms with Crippen molar-refractivity contribution < 1.29 is 18.7 Å². The number of rotatable bonds is 8. The highest BCUT2D eigenvalue weighted by Gasteiger charge is 2.15. The molecule has 0 radical (unpaired) electrons. The van der Waals surface area contributed by atoms with Gasteiger partial charge in [0, 0.05) is 5.02 Å². The topological polar surface area (TPSA) is 104 Å². The normalized spacial score (nSPS) is 10.6. The van der Waals surface area contributed by atoms with Gasteiger partial charge in [0.05, 0.1) is 18.6 Å². The van der Waals surface area contributed by atoms with E-state index in [0.717, 1.165) is 11.8 Å². The molecule has 3 N–H and O–H groups in total. The molecule has 0 bridgehead atoms. The number of anilines is 1. The van der Waals surface area contributed by atoms with Gasteiger partial charge >= 0.3 is 0 Å². The molecule has 0 unspecified atom stereocenters. The van der Waals surface area contributed by atoms with Crippen molar-refractivity contribution in [1.29, 1.82) is 0 Å². The number of thioether (sulfide) groups is 1. The molecule has 3 rings (SSSR count). The van der Waals surface area contributed by atoms with Gasteiger partial charge in [0.1, 0.15) is 12.4 Å². The van der Waals surface area contributed by atoms with E-state index >= 15 is 0 Å². The Bertz CT molecular complexity index is 1020. The Balaban J connectivity index is 1.57. The number of nitrogens with zero attached hydrogens (tertiary/aromatic N) is 3. The molecule has 0 saturated carbocycles. The first kappa shape index (κ1) is 20.7. The van der Waals surface area contributed by atoms with Crippen LogP contribution in [0.2, 0.25) is 5.02 Å². The number of aromatic nitrogens is 3. The number of hydrogen-bond acceptors (Lipinski definition) is 7. The number of carbonyl (C=O) groups is 1. The number of nitrogen functional groups attached to an aromatic ring is 1. The fourth-order valence-corrected chi connectivity index (χ4v) is 3.15. The molecule has 0 spiro atoms. The fraction of sp³-hybridized carbons (Fsp3) is 0.167. The third-order valence-corrected chi connectivity index (χ3v) is 4.87. The lowest BCUT2D eigenvalue weighted by molar-refractivity contribution is -0.113. The van der Waals surface area contributed by atoms with Gasteiger partial charge in [0.15, 0.2) is 17.4 Å². The molecule has 1 aromatic heterocycles. The lowest BCUT2D eigenvalue weighted by atomic mass is 10.3. The van der Waals surface area contributed by atoms with E-state index in [4.69, 9.17) is 26.9 Å². The highest BCUT2D eigenvalue weighted by Crippen LogP contribution is 2.28. The van der Waals surface area contributed by atoms with Gasteiger partial charge in [-0.25, -0.2) is 9.07 Å². The largest absolute Gasteiger partial charge is 0.495 e. The zero-order chi connectivity index (χ0) is 20.8. The van der Waals surface area contributed by atoms with Crippen LogP contribution in [0.4, 0.5) is 10.1 Å². The number of hydrogen-bond donors (Lipinski definition) is 2. The average Bonchev–Trinajstić information content (AvgIpc) is 3.05. The van der Waals surface area contributed by atoms with Crippen LogP contribution >= 0.6 is 23.4 Å². The molecule has 0 fully saturated rings. The minimum atomic E-state index is -0.488. The van der Waals surface area contributed by atoms with Crippen molar-refractivity contribution in [2.45, 2.75) is 11.8 Å². The highest BCUT2D eigenvalue weighted by atomic mass is 35.5. The Labute approximate surface area is 175 Å². The van der Waals surface area contributed by atoms with Crippen LogP contribution < -0.4 is 20.6 Å². The fourth-order valence-electron chi connectivity index (χ4n) is 2.30. The number of methoxy groups -OCH3 is 1. The number of benzene rings is 2. The molecule has 29 heavy (non-hydrogen) atoms. The van der Waals surface area contributed by atoms with Crippen LogP contribution in [-0.4, -0.2) is 33.6 Å². The number of nitrogens with two attached hydrogens (primary N) is 1. The quantitative estimate of drug-likeness (QED) is 0.412. The Morgan fingerprint density at radius 1 is 1.28 bits per heavy atom. The summed E-state index contributed by atoms with van der Waals surface area (Å²) in [6.45, 7) is -0.0725. The smallest absolute Gasteiger partial charge is 0.234 e. The van der Waals surface area contributed by atoms with Crippen molar-refractivity contribution in [1.82, 2.24) is 14.9 Å². The molecule has 0 saturated heterocycles. The molecule has 0 atom stereocenters. The third-order valence-electron chi connectivity index (χ3n) is 3.70. The minimum absolute atomic E-state index is 0.0270. The zero-order valence-electron chi connectivity index (χ0n) is 15.3. The molecule has 2 aromatic carbocycles. The van der Waals surface area contributed by atoms with Crippen LogP contribution in [-0.2, 0) is 11.4 Å². The summed E-state index contributed by atoms with van der Waals surface area (Å²) in [6, 6.07) is 10.9. The summed E-state index contributed by atoms with van der Waals surface area (Å²) in [5.41, 5.74) is 0.457. The van der Waals surface area contributed by atoms with E-state index in [1.807, 2.05) is 0 Å². The summed E-state index contributed by atoms with van der Waals surface area (Å²) in [5.74, 6) is 6.03. The second-order valence-corrected chi connectivity index (χ2v) is 7.05. The van der Waals surface area contributed by atoms with Gasteiger partial charge in [0.2, 0.25) is 11.1 Å². The molecule has 8 nitrogen and oxygen atoms in total. The van der Waals surface area contributed by atoms with Gasteiger partial charge in [-0.15, -0.1) is 10.2 Å². The van der Waals surface area contributed by atoms with Crippen LogP contribution in [0, 0.1) is 5.82 Å². The van der Waals surface area contributed by atoms with Crippen LogP contribution in [0.3, 0.4) is 0 Å². The monoisotopic (exact) mass is 437 g/mol. The van der Waals surface area contributed by atoms with Crippen LogP contribution in [0.25, 0.3) is 0 Å². The van der Waals surface area contributed by atoms with Crippen LogP contribution in [0.15, 0.2) is 47.6 Å². The summed E-state index contributed by atoms with van der Waals surface area (Å²) in [7, 11) is 1.50. The lowest BCUT2D eigenvalue weighted by Gasteiger charge is -2.10. The van der Waals surface area contributed by atoms with E-state index in [1.54, 1.807) is 30.3 Å². The summed E-state index contributed by atoms with van der Waals surface area (Å²) < 4.78 is 25.4. The number of ether oxygens (including phenoxy) is 2. The Hall–Kier alpha value is -2.98. The van der Waals surface area contributed by atoms with E-state index in [2.05, 4.69) is 15.5 Å². The van der Waals surface area contributed by atoms with E-state index in [9.17, 15) is 9.18 Å². The molecule has 3 aromatic rings. The third kappa shape index (κ3) is 5.30. The summed E-state index contributed by atoms with van der Waals surface area (Å²) in [4.78, 5) is 12.2. The van der Waals surface area contributed by atoms with Crippen molar-refractivity contribution >= 4 is 35.0 Å². The van der Waals surface area contributed by atoms with Crippen molar-refractivity contribution in [3.05, 3.63) is 59.1 Å². The maximum absolute atomic E-state index is 13.6. The van der Waals surface area contributed by atoms with Gasteiger partial charge in [-0.1, -0.05) is 35.5 Å². The number of carbonyl (C=O) groups excluding carboxylic acids is 1. The second-order valence-electron chi connectivity index (χ2n) is 5.67. The van der Waals surface area contributed by atoms with E-state index in [1.165, 1.54) is 23.9 Å². The van der Waals surface area contributed by atoms with Crippen molar-refractivity contribution in [3.8, 4) is 11.5 Å². The first-order valence-electron chi connectivity index (χ1n) is 8.31. The molecule has 1 amide bonds. The predicted molar refractivity (Wildman–Crippen MR) is 108 cm³/mol. The molecular weight excluding hydrogens is 421 g/mol. The maximum atomic E-state index is 13.6. The van der Waals surface area contributed by atoms with Gasteiger partial charge in [-0.3, -0.25) is 4.79 Å². The molecular formula is C18H17ClFN5O3S. The van der Waals surface area contributed by atoms with Crippen LogP contribution in [0.5, 0.6) is 11.5 Å². The maximum Gasteiger partial charge on any atom is 0.234 e. The molecule has 152 valence electrons. The van der Waals surface area contributed by atoms with E-state index < -0.39 is 5.82 Å². The standard InChI is InChI=1S/C18H17ClFN5O3S/c1-27-15-7-6-11(19)8-13(15)22-17(26)10-29-18-24-23-16(25(18)21)9-28-14-5-3-2-4-12(14)20/h2-8H,9-10,21H2,1H3,(H,22,26). The summed E-state index contributed by atoms with van der Waals surface area (Å²) in [6.07, 6.45) is 0. The first-order chi connectivity index (χ1) is 14.0. The van der Waals surface area contributed by atoms with Crippen molar-refractivity contribution in [3.63, 3.8) is 0 Å². The average molecular weight is 438 g/mol. The highest BCUT2D eigenvalue weighted by molar-refractivity contribution is 7.99. The number of nitrogens with one attached hydrogen (secondary N) is 1. The Kier molecular flexibility index (Phi) is 6.78. The molecule has 0 aliphatic carbocycles. The zero-order valence-corrected chi connectivity index (χ0v) is 16.8. The Morgan fingerprint density at radius 3 is 2.83 bits per heavy atom. The second kappa shape index (κ2) is 9.48. The number of halogens is 2. The molecule has 0 aliphatic rings. The van der Waals surface area contributed by atoms with Gasteiger partial charge < -0.3 is 20.6 Å². The number of para-hydroxylation sites is 1. The predicted octanol–water partition coefficient (Wildman–Crippen LogP) is 3.10. The minimum Gasteiger partial charge on any atom is -0.495 e. The lowest BCUT2D eigenvalue weighted by Crippen LogP contribution is -2.18. The van der Waals surface area contributed by atoms with Gasteiger partial charge in [-0.05, 0) is 30.3 Å². The summed E-state index contributed by atoms with van der Waals surface area (Å²) in [5, 5.41) is 11.3. The van der Waals surface area contributed by atoms with Gasteiger partial charge in [-0.2, -0.15) is 0 Å². The summed E-state index contributed by atoms with van der Waals surface area (Å²) >= 11 is 7.04. The van der Waals surface area contributed by atoms with E-state index in [0.29, 0.717) is 21.6 Å². The first-order valence-corrected chi connectivity index (χ1v) is 9.67. The molecule has 11 heteroatoms. The van der Waals surface area contributed by atoms with Crippen LogP contribution in [0.1, 0.15) is 5.82 Å². The number of amides is 1. The van der Waals surface area contributed by atoms with Gasteiger partial charge in [0.25, 0.3) is 0 Å². The SMILES string of the molecule is COc1ccc(Cl)cc1NC(=O)CSc1nnc(COc2ccccc2F)n1N. The van der Waals surface area contributed by atoms with Crippen molar-refractivity contribution in [2.24, 2.45) is 0 Å².